The number of esters is 1. The summed E-state index contributed by atoms with van der Waals surface area (Å²) in [7, 11) is 0. The quantitative estimate of drug-likeness (QED) is 0.148. The van der Waals surface area contributed by atoms with Crippen molar-refractivity contribution in [2.75, 3.05) is 0 Å². The number of non-ortho nitro benzene ring substituents is 1. The third kappa shape index (κ3) is 5.01. The molecule has 0 aliphatic heterocycles. The van der Waals surface area contributed by atoms with Crippen molar-refractivity contribution in [2.45, 2.75) is 6.92 Å². The van der Waals surface area contributed by atoms with Crippen LogP contribution in [0.25, 0.3) is 6.08 Å². The molecule has 6 heteroatoms. The molecule has 6 nitrogen and oxygen atoms in total. The van der Waals surface area contributed by atoms with E-state index in [4.69, 9.17) is 4.74 Å². The summed E-state index contributed by atoms with van der Waals surface area (Å²) in [5, 5.41) is 10.7. The number of carbonyl (C=O) groups excluding carboxylic acids is 2. The third-order valence-electron chi connectivity index (χ3n) is 4.19. The fourth-order valence-electron chi connectivity index (χ4n) is 2.57. The Labute approximate surface area is 167 Å². The van der Waals surface area contributed by atoms with Crippen molar-refractivity contribution in [3.8, 4) is 5.75 Å². The molecule has 0 spiro atoms. The number of carbonyl (C=O) groups is 2. The van der Waals surface area contributed by atoms with Gasteiger partial charge in [0, 0.05) is 23.3 Å². The van der Waals surface area contributed by atoms with Gasteiger partial charge in [-0.15, -0.1) is 0 Å². The zero-order valence-corrected chi connectivity index (χ0v) is 15.6. The maximum atomic E-state index is 12.4. The number of rotatable bonds is 6. The Morgan fingerprint density at radius 3 is 2.17 bits per heavy atom. The number of nitro groups is 1. The van der Waals surface area contributed by atoms with Crippen LogP contribution in [-0.2, 0) is 0 Å². The Morgan fingerprint density at radius 2 is 1.52 bits per heavy atom. The molecule has 0 radical (unpaired) electrons. The van der Waals surface area contributed by atoms with Gasteiger partial charge in [-0.05, 0) is 37.3 Å². The summed E-state index contributed by atoms with van der Waals surface area (Å²) in [6.07, 6.45) is 3.00. The lowest BCUT2D eigenvalue weighted by Gasteiger charge is -2.07. The second-order valence-electron chi connectivity index (χ2n) is 6.29. The van der Waals surface area contributed by atoms with Gasteiger partial charge in [0.1, 0.15) is 5.75 Å². The highest BCUT2D eigenvalue weighted by atomic mass is 16.6. The molecule has 3 aromatic carbocycles. The van der Waals surface area contributed by atoms with Crippen LogP contribution in [0.4, 0.5) is 5.69 Å². The van der Waals surface area contributed by atoms with Crippen molar-refractivity contribution in [1.82, 2.24) is 0 Å². The molecule has 0 aromatic heterocycles. The Bertz CT molecular complexity index is 1080. The molecular formula is C23H17NO5. The van der Waals surface area contributed by atoms with Gasteiger partial charge in [0.25, 0.3) is 5.69 Å². The van der Waals surface area contributed by atoms with Gasteiger partial charge in [0.05, 0.1) is 10.5 Å². The lowest BCUT2D eigenvalue weighted by molar-refractivity contribution is -0.384. The summed E-state index contributed by atoms with van der Waals surface area (Å²) < 4.78 is 5.41. The molecule has 3 aromatic rings. The molecule has 3 rings (SSSR count). The van der Waals surface area contributed by atoms with E-state index >= 15 is 0 Å². The van der Waals surface area contributed by atoms with Crippen molar-refractivity contribution in [1.29, 1.82) is 0 Å². The van der Waals surface area contributed by atoms with Crippen LogP contribution in [0.5, 0.6) is 5.75 Å². The Morgan fingerprint density at radius 1 is 0.897 bits per heavy atom. The minimum Gasteiger partial charge on any atom is -0.422 e. The van der Waals surface area contributed by atoms with Gasteiger partial charge in [0.15, 0.2) is 5.78 Å². The standard InChI is InChI=1S/C23H17NO5/c1-16-6-8-17(9-7-16)21(25)15-12-18-4-2-3-5-22(18)29-23(26)19-10-13-20(14-11-19)24(27)28/h2-15H,1H3/b15-12+. The number of nitrogens with zero attached hydrogens (tertiary/aromatic N) is 1. The zero-order valence-electron chi connectivity index (χ0n) is 15.6. The number of ether oxygens (including phenoxy) is 1. The summed E-state index contributed by atoms with van der Waals surface area (Å²) in [5.41, 5.74) is 2.26. The molecule has 0 heterocycles. The van der Waals surface area contributed by atoms with Crippen molar-refractivity contribution in [3.63, 3.8) is 0 Å². The number of hydrogen-bond acceptors (Lipinski definition) is 5. The van der Waals surface area contributed by atoms with E-state index in [1.807, 2.05) is 19.1 Å². The van der Waals surface area contributed by atoms with E-state index in [0.29, 0.717) is 11.1 Å². The zero-order chi connectivity index (χ0) is 20.8. The van der Waals surface area contributed by atoms with Crippen molar-refractivity contribution < 1.29 is 19.2 Å². The van der Waals surface area contributed by atoms with E-state index in [-0.39, 0.29) is 22.8 Å². The lowest BCUT2D eigenvalue weighted by atomic mass is 10.1. The second-order valence-corrected chi connectivity index (χ2v) is 6.29. The highest BCUT2D eigenvalue weighted by Crippen LogP contribution is 2.22. The van der Waals surface area contributed by atoms with E-state index in [1.165, 1.54) is 30.3 Å². The fraction of sp³-hybridized carbons (Fsp3) is 0.0435. The number of allylic oxidation sites excluding steroid dienone is 1. The van der Waals surface area contributed by atoms with Crippen molar-refractivity contribution in [3.05, 3.63) is 111 Å². The molecule has 144 valence electrons. The minimum absolute atomic E-state index is 0.112. The average molecular weight is 387 g/mol. The van der Waals surface area contributed by atoms with E-state index in [9.17, 15) is 19.7 Å². The number of hydrogen-bond donors (Lipinski definition) is 0. The van der Waals surface area contributed by atoms with Crippen LogP contribution >= 0.6 is 0 Å². The van der Waals surface area contributed by atoms with Crippen LogP contribution in [0.2, 0.25) is 0 Å². The summed E-state index contributed by atoms with van der Waals surface area (Å²) in [6, 6.07) is 19.2. The summed E-state index contributed by atoms with van der Waals surface area (Å²) in [5.74, 6) is -0.532. The molecule has 0 aliphatic carbocycles. The van der Waals surface area contributed by atoms with E-state index in [0.717, 1.165) is 5.56 Å². The molecule has 0 saturated heterocycles. The maximum absolute atomic E-state index is 12.4. The Balaban J connectivity index is 1.76. The van der Waals surface area contributed by atoms with Crippen molar-refractivity contribution >= 4 is 23.5 Å². The van der Waals surface area contributed by atoms with Crippen LogP contribution in [0.3, 0.4) is 0 Å². The molecule has 0 fully saturated rings. The number of para-hydroxylation sites is 1. The normalized spacial score (nSPS) is 10.7. The number of nitro benzene ring substituents is 1. The molecule has 0 saturated carbocycles. The summed E-state index contributed by atoms with van der Waals surface area (Å²) >= 11 is 0. The number of benzene rings is 3. The molecule has 29 heavy (non-hydrogen) atoms. The van der Waals surface area contributed by atoms with E-state index in [1.54, 1.807) is 42.5 Å². The number of ketones is 1. The van der Waals surface area contributed by atoms with Crippen LogP contribution in [-0.4, -0.2) is 16.7 Å². The van der Waals surface area contributed by atoms with E-state index < -0.39 is 10.9 Å². The molecule has 0 N–H and O–H groups in total. The first-order chi connectivity index (χ1) is 13.9. The predicted octanol–water partition coefficient (Wildman–Crippen LogP) is 5.02. The first-order valence-electron chi connectivity index (χ1n) is 8.79. The summed E-state index contributed by atoms with van der Waals surface area (Å²) in [4.78, 5) is 34.9. The van der Waals surface area contributed by atoms with Gasteiger partial charge < -0.3 is 4.74 Å². The van der Waals surface area contributed by atoms with E-state index in [2.05, 4.69) is 0 Å². The monoisotopic (exact) mass is 387 g/mol. The van der Waals surface area contributed by atoms with Crippen molar-refractivity contribution in [2.24, 2.45) is 0 Å². The Kier molecular flexibility index (Phi) is 5.94. The van der Waals surface area contributed by atoms with Gasteiger partial charge in [-0.25, -0.2) is 4.79 Å². The fourth-order valence-corrected chi connectivity index (χ4v) is 2.57. The molecule has 0 aliphatic rings. The van der Waals surface area contributed by atoms with Crippen LogP contribution in [0.15, 0.2) is 78.9 Å². The molecule has 0 bridgehead atoms. The second kappa shape index (κ2) is 8.75. The molecule has 0 unspecified atom stereocenters. The van der Waals surface area contributed by atoms with Gasteiger partial charge >= 0.3 is 5.97 Å². The highest BCUT2D eigenvalue weighted by molar-refractivity contribution is 6.07. The topological polar surface area (TPSA) is 86.5 Å². The third-order valence-corrected chi connectivity index (χ3v) is 4.19. The maximum Gasteiger partial charge on any atom is 0.343 e. The summed E-state index contributed by atoms with van der Waals surface area (Å²) in [6.45, 7) is 1.94. The van der Waals surface area contributed by atoms with Gasteiger partial charge in [-0.1, -0.05) is 48.0 Å². The SMILES string of the molecule is Cc1ccc(C(=O)/C=C/c2ccccc2OC(=O)c2ccc([N+](=O)[O-])cc2)cc1. The molecule has 0 atom stereocenters. The molecule has 0 amide bonds. The van der Waals surface area contributed by atoms with Gasteiger partial charge in [0.2, 0.25) is 0 Å². The average Bonchev–Trinajstić information content (AvgIpc) is 2.73. The van der Waals surface area contributed by atoms with Crippen LogP contribution < -0.4 is 4.74 Å². The van der Waals surface area contributed by atoms with Gasteiger partial charge in [-0.2, -0.15) is 0 Å². The largest absolute Gasteiger partial charge is 0.422 e. The predicted molar refractivity (Wildman–Crippen MR) is 109 cm³/mol. The van der Waals surface area contributed by atoms with Crippen LogP contribution in [0, 0.1) is 17.0 Å². The minimum atomic E-state index is -0.648. The van der Waals surface area contributed by atoms with Crippen LogP contribution in [0.1, 0.15) is 31.8 Å². The molecular weight excluding hydrogens is 370 g/mol. The first-order valence-corrected chi connectivity index (χ1v) is 8.79. The first kappa shape index (κ1) is 19.7. The lowest BCUT2D eigenvalue weighted by Crippen LogP contribution is -2.09. The Hall–Kier alpha value is -4.06. The number of aryl methyl sites for hydroxylation is 1. The highest BCUT2D eigenvalue weighted by Gasteiger charge is 2.13. The van der Waals surface area contributed by atoms with Gasteiger partial charge in [-0.3, -0.25) is 14.9 Å². The smallest absolute Gasteiger partial charge is 0.343 e.